The molecule has 0 aliphatic carbocycles. The molecule has 0 bridgehead atoms. The van der Waals surface area contributed by atoms with E-state index in [2.05, 4.69) is 4.98 Å². The Morgan fingerprint density at radius 1 is 1.12 bits per heavy atom. The molecule has 1 atom stereocenters. The Labute approximate surface area is 146 Å². The molecule has 1 unspecified atom stereocenters. The molecule has 1 N–H and O–H groups in total. The van der Waals surface area contributed by atoms with Crippen molar-refractivity contribution in [3.8, 4) is 11.5 Å². The summed E-state index contributed by atoms with van der Waals surface area (Å²) in [5.41, 5.74) is 3.40. The number of fused-ring (bicyclic) bond motifs is 1. The molecule has 3 rings (SSSR count). The molecule has 0 aliphatic rings. The number of para-hydroxylation sites is 2. The van der Waals surface area contributed by atoms with Crippen LogP contribution in [-0.4, -0.2) is 22.9 Å². The molecule has 0 aliphatic heterocycles. The Balaban J connectivity index is 1.65. The third kappa shape index (κ3) is 4.31. The Hall–Kier alpha value is -2.08. The molecule has 0 saturated heterocycles. The fourth-order valence-corrected chi connectivity index (χ4v) is 3.73. The minimum absolute atomic E-state index is 0.136. The first-order valence-electron chi connectivity index (χ1n) is 7.71. The Kier molecular flexibility index (Phi) is 5.27. The Morgan fingerprint density at radius 3 is 2.48 bits per heavy atom. The zero-order valence-corrected chi connectivity index (χ0v) is 14.9. The van der Waals surface area contributed by atoms with Crippen LogP contribution in [0.5, 0.6) is 0 Å². The molecule has 0 spiro atoms. The Bertz CT molecular complexity index is 949. The van der Waals surface area contributed by atoms with Crippen molar-refractivity contribution in [3.63, 3.8) is 0 Å². The molecule has 6 nitrogen and oxygen atoms in total. The normalized spacial score (nSPS) is 13.3. The maximum Gasteiger partial charge on any atom is 0.278 e. The van der Waals surface area contributed by atoms with Crippen LogP contribution in [0.25, 0.3) is 22.6 Å². The minimum Gasteiger partial charge on any atom is -0.436 e. The van der Waals surface area contributed by atoms with Gasteiger partial charge in [0.05, 0.1) is 0 Å². The smallest absolute Gasteiger partial charge is 0.278 e. The van der Waals surface area contributed by atoms with E-state index in [1.54, 1.807) is 0 Å². The van der Waals surface area contributed by atoms with Crippen LogP contribution in [0.3, 0.4) is 0 Å². The van der Waals surface area contributed by atoms with Crippen LogP contribution < -0.4 is 0 Å². The first-order valence-corrected chi connectivity index (χ1v) is 10.1. The molecule has 3 aromatic rings. The van der Waals surface area contributed by atoms with Crippen molar-refractivity contribution in [2.24, 2.45) is 0 Å². The fraction of sp³-hybridized carbons (Fsp3) is 0.235. The third-order valence-corrected chi connectivity index (χ3v) is 6.35. The first kappa shape index (κ1) is 17.7. The summed E-state index contributed by atoms with van der Waals surface area (Å²) in [6, 6.07) is 15.2. The lowest BCUT2D eigenvalue weighted by Crippen LogP contribution is -2.14. The van der Waals surface area contributed by atoms with Gasteiger partial charge in [0.1, 0.15) is 5.52 Å². The quantitative estimate of drug-likeness (QED) is 0.486. The summed E-state index contributed by atoms with van der Waals surface area (Å²) in [6.07, 6.45) is 1.26. The lowest BCUT2D eigenvalue weighted by atomic mass is 10.1. The topological polar surface area (TPSA) is 97.5 Å². The van der Waals surface area contributed by atoms with E-state index in [0.717, 1.165) is 22.2 Å². The lowest BCUT2D eigenvalue weighted by Gasteiger charge is -2.06. The summed E-state index contributed by atoms with van der Waals surface area (Å²) in [4.78, 5) is 3.18. The van der Waals surface area contributed by atoms with Crippen LogP contribution in [0.1, 0.15) is 18.4 Å². The van der Waals surface area contributed by atoms with Gasteiger partial charge in [0, 0.05) is 5.56 Å². The van der Waals surface area contributed by atoms with Crippen molar-refractivity contribution < 1.29 is 22.0 Å². The summed E-state index contributed by atoms with van der Waals surface area (Å²) >= 11 is 0. The number of aryl methyl sites for hydroxylation is 1. The van der Waals surface area contributed by atoms with E-state index in [9.17, 15) is 13.0 Å². The second-order valence-corrected chi connectivity index (χ2v) is 8.43. The fourth-order valence-electron chi connectivity index (χ4n) is 2.55. The molecule has 8 heteroatoms. The highest BCUT2D eigenvalue weighted by atomic mass is 32.2. The van der Waals surface area contributed by atoms with Gasteiger partial charge in [0.25, 0.3) is 10.1 Å². The number of rotatable bonds is 7. The van der Waals surface area contributed by atoms with E-state index >= 15 is 0 Å². The number of nitrogens with zero attached hydrogens (tertiary/aromatic N) is 1. The predicted octanol–water partition coefficient (Wildman–Crippen LogP) is 4.32. The van der Waals surface area contributed by atoms with Crippen molar-refractivity contribution in [2.45, 2.75) is 24.3 Å². The maximum atomic E-state index is 11.0. The van der Waals surface area contributed by atoms with E-state index in [-0.39, 0.29) is 6.42 Å². The highest BCUT2D eigenvalue weighted by molar-refractivity contribution is 7.90. The number of oxazole rings is 1. The molecule has 1 heterocycles. The molecule has 2 aromatic carbocycles. The molecule has 1 aromatic heterocycles. The molecule has 0 saturated carbocycles. The van der Waals surface area contributed by atoms with Crippen LogP contribution in [0.15, 0.2) is 52.9 Å². The monoisotopic (exact) mass is 377 g/mol. The minimum atomic E-state index is -4.27. The van der Waals surface area contributed by atoms with Gasteiger partial charge in [-0.25, -0.2) is 4.98 Å². The van der Waals surface area contributed by atoms with E-state index < -0.39 is 23.6 Å². The predicted molar refractivity (Wildman–Crippen MR) is 95.3 cm³/mol. The van der Waals surface area contributed by atoms with E-state index in [1.165, 1.54) is 0 Å². The van der Waals surface area contributed by atoms with Gasteiger partial charge in [-0.3, -0.25) is 9.12 Å². The van der Waals surface area contributed by atoms with Crippen molar-refractivity contribution in [3.05, 3.63) is 54.1 Å². The van der Waals surface area contributed by atoms with E-state index in [0.29, 0.717) is 18.7 Å². The number of hydrogen-bond acceptors (Lipinski definition) is 5. The molecule has 130 valence electrons. The van der Waals surface area contributed by atoms with Gasteiger partial charge in [-0.05, 0) is 49.1 Å². The van der Waals surface area contributed by atoms with Gasteiger partial charge in [-0.15, -0.1) is 0 Å². The molecular weight excluding hydrogens is 361 g/mol. The summed E-state index contributed by atoms with van der Waals surface area (Å²) < 4.78 is 47.5. The lowest BCUT2D eigenvalue weighted by molar-refractivity contribution is 0.474. The third-order valence-electron chi connectivity index (χ3n) is 3.87. The SMILES string of the molecule is O=PC(CCCc1ccc(-c2nc3ccccc3o2)cc1)S(=O)(=O)O. The van der Waals surface area contributed by atoms with Crippen LogP contribution in [0, 0.1) is 0 Å². The van der Waals surface area contributed by atoms with Crippen molar-refractivity contribution in [1.82, 2.24) is 4.98 Å². The molecule has 0 radical (unpaired) electrons. The number of benzene rings is 2. The average Bonchev–Trinajstić information content (AvgIpc) is 3.02. The van der Waals surface area contributed by atoms with Crippen molar-refractivity contribution in [2.75, 3.05) is 0 Å². The van der Waals surface area contributed by atoms with Gasteiger partial charge in [-0.1, -0.05) is 24.3 Å². The standard InChI is InChI=1S/C17H16NO5PS/c19-24-16(25(20,21)22)7-3-4-12-8-10-13(11-9-12)17-18-14-5-1-2-6-15(14)23-17/h1-2,5-6,8-11,16H,3-4,7H2,(H,20,21,22). The highest BCUT2D eigenvalue weighted by Gasteiger charge is 2.22. The van der Waals surface area contributed by atoms with Gasteiger partial charge in [0.15, 0.2) is 19.0 Å². The number of aromatic nitrogens is 1. The van der Waals surface area contributed by atoms with Crippen LogP contribution in [0.2, 0.25) is 0 Å². The molecule has 0 fully saturated rings. The van der Waals surface area contributed by atoms with Gasteiger partial charge in [-0.2, -0.15) is 8.42 Å². The zero-order valence-electron chi connectivity index (χ0n) is 13.2. The van der Waals surface area contributed by atoms with Gasteiger partial charge in [0.2, 0.25) is 5.89 Å². The van der Waals surface area contributed by atoms with E-state index in [1.807, 2.05) is 48.5 Å². The second-order valence-electron chi connectivity index (χ2n) is 5.65. The Morgan fingerprint density at radius 2 is 1.84 bits per heavy atom. The van der Waals surface area contributed by atoms with Crippen LogP contribution >= 0.6 is 8.46 Å². The number of hydrogen-bond donors (Lipinski definition) is 1. The molecule has 0 amide bonds. The maximum absolute atomic E-state index is 11.0. The second kappa shape index (κ2) is 7.44. The molecule has 25 heavy (non-hydrogen) atoms. The average molecular weight is 377 g/mol. The van der Waals surface area contributed by atoms with Gasteiger partial charge >= 0.3 is 0 Å². The van der Waals surface area contributed by atoms with Crippen molar-refractivity contribution in [1.29, 1.82) is 0 Å². The first-order chi connectivity index (χ1) is 12.0. The van der Waals surface area contributed by atoms with Gasteiger partial charge < -0.3 is 4.42 Å². The van der Waals surface area contributed by atoms with Crippen LogP contribution in [-0.2, 0) is 21.1 Å². The van der Waals surface area contributed by atoms with Crippen molar-refractivity contribution >= 4 is 29.7 Å². The molecular formula is C17H16NO5PS. The summed E-state index contributed by atoms with van der Waals surface area (Å²) in [5.74, 6) is 0.546. The zero-order chi connectivity index (χ0) is 17.9. The highest BCUT2D eigenvalue weighted by Crippen LogP contribution is 2.25. The summed E-state index contributed by atoms with van der Waals surface area (Å²) in [6.45, 7) is 0. The van der Waals surface area contributed by atoms with E-state index in [4.69, 9.17) is 8.97 Å². The summed E-state index contributed by atoms with van der Waals surface area (Å²) in [5, 5.41) is 0. The largest absolute Gasteiger partial charge is 0.436 e. The summed E-state index contributed by atoms with van der Waals surface area (Å²) in [7, 11) is -4.85. The van der Waals surface area contributed by atoms with Crippen LogP contribution in [0.4, 0.5) is 0 Å².